The van der Waals surface area contributed by atoms with Gasteiger partial charge in [0.2, 0.25) is 5.91 Å². The Morgan fingerprint density at radius 2 is 1.87 bits per heavy atom. The number of halogens is 1. The monoisotopic (exact) mass is 441 g/mol. The quantitative estimate of drug-likeness (QED) is 0.607. The van der Waals surface area contributed by atoms with E-state index in [9.17, 15) is 14.7 Å². The Morgan fingerprint density at radius 1 is 1.13 bits per heavy atom. The molecule has 1 fully saturated rings. The van der Waals surface area contributed by atoms with Gasteiger partial charge < -0.3 is 24.6 Å². The Bertz CT molecular complexity index is 1120. The average molecular weight is 442 g/mol. The summed E-state index contributed by atoms with van der Waals surface area (Å²) in [5.74, 6) is -0.347. The lowest BCUT2D eigenvalue weighted by Gasteiger charge is -2.36. The molecule has 0 bridgehead atoms. The highest BCUT2D eigenvalue weighted by molar-refractivity contribution is 6.31. The van der Waals surface area contributed by atoms with Gasteiger partial charge in [0.1, 0.15) is 11.4 Å². The molecule has 4 rings (SSSR count). The second kappa shape index (κ2) is 8.89. The van der Waals surface area contributed by atoms with Crippen molar-refractivity contribution in [3.05, 3.63) is 58.7 Å². The van der Waals surface area contributed by atoms with Crippen molar-refractivity contribution in [2.45, 2.75) is 13.3 Å². The molecule has 8 heteroatoms. The third-order valence-corrected chi connectivity index (χ3v) is 5.78. The number of hydrogen-bond donors (Lipinski definition) is 2. The van der Waals surface area contributed by atoms with Gasteiger partial charge in [0.25, 0.3) is 0 Å². The zero-order valence-electron chi connectivity index (χ0n) is 17.2. The predicted molar refractivity (Wildman–Crippen MR) is 120 cm³/mol. The fraction of sp³-hybridized carbons (Fsp3) is 0.304. The molecule has 7 nitrogen and oxygen atoms in total. The molecule has 0 aliphatic carbocycles. The number of fused-ring (bicyclic) bond motifs is 1. The van der Waals surface area contributed by atoms with Crippen LogP contribution in [0.5, 0.6) is 5.75 Å². The van der Waals surface area contributed by atoms with Crippen molar-refractivity contribution in [3.63, 3.8) is 0 Å². The number of nitrogens with one attached hydrogen (secondary N) is 1. The third-order valence-electron chi connectivity index (χ3n) is 5.55. The molecule has 2 N–H and O–H groups in total. The van der Waals surface area contributed by atoms with Gasteiger partial charge in [-0.25, -0.2) is 4.79 Å². The first-order valence-electron chi connectivity index (χ1n) is 10.3. The van der Waals surface area contributed by atoms with E-state index in [0.29, 0.717) is 54.3 Å². The second-order valence-electron chi connectivity index (χ2n) is 7.42. The molecular formula is C23H24ClN3O4. The molecular weight excluding hydrogens is 418 g/mol. The minimum absolute atomic E-state index is 0.0114. The number of benzene rings is 2. The van der Waals surface area contributed by atoms with Gasteiger partial charge in [-0.2, -0.15) is 0 Å². The fourth-order valence-corrected chi connectivity index (χ4v) is 4.21. The number of aromatic amines is 1. The zero-order chi connectivity index (χ0) is 22.0. The van der Waals surface area contributed by atoms with E-state index in [-0.39, 0.29) is 18.0 Å². The van der Waals surface area contributed by atoms with Gasteiger partial charge in [0, 0.05) is 47.7 Å². The van der Waals surface area contributed by atoms with Gasteiger partial charge in [-0.05, 0) is 37.3 Å². The van der Waals surface area contributed by atoms with E-state index in [1.807, 2.05) is 31.2 Å². The SMILES string of the molecule is CCOc1ccccc1N1CCN(C(=O)Cc2c(C(=O)O)[nH]c3ccc(Cl)cc23)CC1. The molecule has 31 heavy (non-hydrogen) atoms. The summed E-state index contributed by atoms with van der Waals surface area (Å²) < 4.78 is 5.73. The molecule has 0 atom stereocenters. The van der Waals surface area contributed by atoms with E-state index in [2.05, 4.69) is 9.88 Å². The molecule has 0 radical (unpaired) electrons. The van der Waals surface area contributed by atoms with E-state index >= 15 is 0 Å². The summed E-state index contributed by atoms with van der Waals surface area (Å²) in [6, 6.07) is 13.0. The molecule has 0 unspecified atom stereocenters. The number of amides is 1. The first-order valence-corrected chi connectivity index (χ1v) is 10.6. The maximum absolute atomic E-state index is 13.0. The minimum atomic E-state index is -1.09. The molecule has 1 aromatic heterocycles. The molecule has 2 heterocycles. The molecule has 1 aliphatic heterocycles. The Balaban J connectivity index is 1.49. The third kappa shape index (κ3) is 4.32. The van der Waals surface area contributed by atoms with Gasteiger partial charge in [0.15, 0.2) is 0 Å². The molecule has 0 saturated carbocycles. The summed E-state index contributed by atoms with van der Waals surface area (Å²) in [4.78, 5) is 31.6. The summed E-state index contributed by atoms with van der Waals surface area (Å²) in [6.07, 6.45) is 0.0114. The number of aromatic carboxylic acids is 1. The molecule has 1 amide bonds. The second-order valence-corrected chi connectivity index (χ2v) is 7.86. The number of piperazine rings is 1. The molecule has 2 aromatic carbocycles. The highest BCUT2D eigenvalue weighted by Gasteiger charge is 2.26. The number of para-hydroxylation sites is 2. The fourth-order valence-electron chi connectivity index (χ4n) is 4.04. The van der Waals surface area contributed by atoms with Crippen LogP contribution in [-0.4, -0.2) is 59.7 Å². The van der Waals surface area contributed by atoms with Gasteiger partial charge in [0.05, 0.1) is 18.7 Å². The highest BCUT2D eigenvalue weighted by Crippen LogP contribution is 2.30. The van der Waals surface area contributed by atoms with Crippen LogP contribution in [0.25, 0.3) is 10.9 Å². The van der Waals surface area contributed by atoms with Crippen LogP contribution in [-0.2, 0) is 11.2 Å². The van der Waals surface area contributed by atoms with Crippen molar-refractivity contribution in [1.29, 1.82) is 0 Å². The molecule has 162 valence electrons. The lowest BCUT2D eigenvalue weighted by atomic mass is 10.1. The Kier molecular flexibility index (Phi) is 6.04. The van der Waals surface area contributed by atoms with E-state index in [1.54, 1.807) is 23.1 Å². The topological polar surface area (TPSA) is 85.9 Å². The molecule has 1 aliphatic rings. The highest BCUT2D eigenvalue weighted by atomic mass is 35.5. The van der Waals surface area contributed by atoms with Crippen LogP contribution < -0.4 is 9.64 Å². The number of nitrogens with zero attached hydrogens (tertiary/aromatic N) is 2. The largest absolute Gasteiger partial charge is 0.492 e. The van der Waals surface area contributed by atoms with Gasteiger partial charge >= 0.3 is 5.97 Å². The number of hydrogen-bond acceptors (Lipinski definition) is 4. The maximum Gasteiger partial charge on any atom is 0.352 e. The van der Waals surface area contributed by atoms with Crippen molar-refractivity contribution in [2.75, 3.05) is 37.7 Å². The van der Waals surface area contributed by atoms with Crippen LogP contribution >= 0.6 is 11.6 Å². The average Bonchev–Trinajstić information content (AvgIpc) is 3.12. The van der Waals surface area contributed by atoms with Crippen molar-refractivity contribution in [3.8, 4) is 5.75 Å². The molecule has 3 aromatic rings. The van der Waals surface area contributed by atoms with Crippen molar-refractivity contribution >= 4 is 40.1 Å². The summed E-state index contributed by atoms with van der Waals surface area (Å²) >= 11 is 6.10. The Hall–Kier alpha value is -3.19. The summed E-state index contributed by atoms with van der Waals surface area (Å²) in [7, 11) is 0. The van der Waals surface area contributed by atoms with Crippen molar-refractivity contribution in [2.24, 2.45) is 0 Å². The van der Waals surface area contributed by atoms with E-state index in [0.717, 1.165) is 11.4 Å². The Labute approximate surface area is 185 Å². The van der Waals surface area contributed by atoms with Gasteiger partial charge in [-0.3, -0.25) is 4.79 Å². The van der Waals surface area contributed by atoms with Crippen LogP contribution in [0.3, 0.4) is 0 Å². The van der Waals surface area contributed by atoms with Gasteiger partial charge in [-0.15, -0.1) is 0 Å². The number of carboxylic acid groups (broad SMARTS) is 1. The minimum Gasteiger partial charge on any atom is -0.492 e. The van der Waals surface area contributed by atoms with Crippen LogP contribution in [0, 0.1) is 0 Å². The van der Waals surface area contributed by atoms with Gasteiger partial charge in [-0.1, -0.05) is 23.7 Å². The first-order chi connectivity index (χ1) is 15.0. The van der Waals surface area contributed by atoms with E-state index in [4.69, 9.17) is 16.3 Å². The van der Waals surface area contributed by atoms with Crippen molar-refractivity contribution < 1.29 is 19.4 Å². The number of carbonyl (C=O) groups excluding carboxylic acids is 1. The zero-order valence-corrected chi connectivity index (χ0v) is 18.0. The van der Waals surface area contributed by atoms with Crippen LogP contribution in [0.1, 0.15) is 23.0 Å². The van der Waals surface area contributed by atoms with Crippen molar-refractivity contribution in [1.82, 2.24) is 9.88 Å². The maximum atomic E-state index is 13.0. The number of H-pyrrole nitrogens is 1. The predicted octanol–water partition coefficient (Wildman–Crippen LogP) is 3.81. The summed E-state index contributed by atoms with van der Waals surface area (Å²) in [6.45, 7) is 5.03. The normalized spacial score (nSPS) is 14.1. The van der Waals surface area contributed by atoms with E-state index in [1.165, 1.54) is 0 Å². The summed E-state index contributed by atoms with van der Waals surface area (Å²) in [5.41, 5.74) is 2.19. The van der Waals surface area contributed by atoms with E-state index < -0.39 is 5.97 Å². The lowest BCUT2D eigenvalue weighted by molar-refractivity contribution is -0.130. The number of carbonyl (C=O) groups is 2. The number of carboxylic acids is 1. The van der Waals surface area contributed by atoms with Crippen LogP contribution in [0.15, 0.2) is 42.5 Å². The smallest absolute Gasteiger partial charge is 0.352 e. The summed E-state index contributed by atoms with van der Waals surface area (Å²) in [5, 5.41) is 10.7. The van der Waals surface area contributed by atoms with Crippen LogP contribution in [0.2, 0.25) is 5.02 Å². The number of rotatable bonds is 6. The molecule has 0 spiro atoms. The first kappa shape index (κ1) is 21.1. The molecule has 1 saturated heterocycles. The number of aromatic nitrogens is 1. The lowest BCUT2D eigenvalue weighted by Crippen LogP contribution is -2.49. The standard InChI is InChI=1S/C23H24ClN3O4/c1-2-31-20-6-4-3-5-19(20)26-9-11-27(12-10-26)21(28)14-17-16-13-15(24)7-8-18(16)25-22(17)23(29)30/h3-8,13,25H,2,9-12,14H2,1H3,(H,29,30). The number of ether oxygens (including phenoxy) is 1. The van der Waals surface area contributed by atoms with Crippen LogP contribution in [0.4, 0.5) is 5.69 Å². The number of anilines is 1. The Morgan fingerprint density at radius 3 is 2.58 bits per heavy atom.